The average molecular weight is 327 g/mol. The Morgan fingerprint density at radius 1 is 1.00 bits per heavy atom. The molecule has 0 amide bonds. The number of hydrogen-bond acceptors (Lipinski definition) is 6. The van der Waals surface area contributed by atoms with Crippen molar-refractivity contribution in [3.8, 4) is 0 Å². The van der Waals surface area contributed by atoms with Gasteiger partial charge in [0.1, 0.15) is 17.9 Å². The third-order valence-corrected chi connectivity index (χ3v) is 5.73. The number of likely N-dealkylation sites (tertiary alicyclic amines) is 1. The molecule has 6 nitrogen and oxygen atoms in total. The van der Waals surface area contributed by atoms with Crippen LogP contribution >= 0.6 is 0 Å². The van der Waals surface area contributed by atoms with Crippen LogP contribution < -0.4 is 4.90 Å². The number of anilines is 1. The largest absolute Gasteiger partial charge is 0.361 e. The van der Waals surface area contributed by atoms with Gasteiger partial charge in [0.15, 0.2) is 0 Å². The number of rotatable bonds is 3. The van der Waals surface area contributed by atoms with Gasteiger partial charge in [-0.25, -0.2) is 9.97 Å². The molecule has 2 aliphatic heterocycles. The maximum atomic E-state index is 5.30. The molecule has 2 fully saturated rings. The van der Waals surface area contributed by atoms with Crippen LogP contribution in [0.2, 0.25) is 0 Å². The Morgan fingerprint density at radius 2 is 1.71 bits per heavy atom. The van der Waals surface area contributed by atoms with Crippen molar-refractivity contribution < 1.29 is 4.52 Å². The van der Waals surface area contributed by atoms with Crippen LogP contribution in [-0.4, -0.2) is 46.2 Å². The molecule has 24 heavy (non-hydrogen) atoms. The van der Waals surface area contributed by atoms with Crippen molar-refractivity contribution in [1.29, 1.82) is 0 Å². The van der Waals surface area contributed by atoms with Gasteiger partial charge in [0.05, 0.1) is 5.69 Å². The van der Waals surface area contributed by atoms with Crippen LogP contribution in [-0.2, 0) is 6.54 Å². The number of hydrogen-bond donors (Lipinski definition) is 0. The molecule has 4 heterocycles. The van der Waals surface area contributed by atoms with Crippen molar-refractivity contribution in [3.63, 3.8) is 0 Å². The summed E-state index contributed by atoms with van der Waals surface area (Å²) in [6.45, 7) is 13.7. The molecule has 0 aliphatic carbocycles. The first-order valence-corrected chi connectivity index (χ1v) is 8.70. The normalized spacial score (nSPS) is 23.9. The molecule has 2 saturated heterocycles. The molecule has 0 spiro atoms. The van der Waals surface area contributed by atoms with Gasteiger partial charge in [-0.2, -0.15) is 0 Å². The van der Waals surface area contributed by atoms with Crippen LogP contribution in [0.1, 0.15) is 28.3 Å². The Bertz CT molecular complexity index is 722. The van der Waals surface area contributed by atoms with E-state index in [1.165, 1.54) is 11.1 Å². The summed E-state index contributed by atoms with van der Waals surface area (Å²) >= 11 is 0. The Hall–Kier alpha value is -1.95. The van der Waals surface area contributed by atoms with Gasteiger partial charge in [-0.05, 0) is 39.5 Å². The second-order valence-electron chi connectivity index (χ2n) is 7.33. The molecule has 0 saturated carbocycles. The second-order valence-corrected chi connectivity index (χ2v) is 7.33. The van der Waals surface area contributed by atoms with Crippen LogP contribution in [0.15, 0.2) is 10.9 Å². The van der Waals surface area contributed by atoms with Gasteiger partial charge in [0.2, 0.25) is 0 Å². The summed E-state index contributed by atoms with van der Waals surface area (Å²) in [4.78, 5) is 13.8. The highest BCUT2D eigenvalue weighted by Crippen LogP contribution is 2.35. The summed E-state index contributed by atoms with van der Waals surface area (Å²) in [5.74, 6) is 3.52. The third-order valence-electron chi connectivity index (χ3n) is 5.73. The summed E-state index contributed by atoms with van der Waals surface area (Å²) in [5.41, 5.74) is 4.58. The minimum Gasteiger partial charge on any atom is -0.361 e. The zero-order valence-corrected chi connectivity index (χ0v) is 14.9. The monoisotopic (exact) mass is 327 g/mol. The zero-order valence-electron chi connectivity index (χ0n) is 14.9. The number of fused-ring (bicyclic) bond motifs is 1. The minimum absolute atomic E-state index is 0.722. The van der Waals surface area contributed by atoms with Crippen LogP contribution in [0.25, 0.3) is 0 Å². The summed E-state index contributed by atoms with van der Waals surface area (Å²) in [6.07, 6.45) is 1.69. The van der Waals surface area contributed by atoms with E-state index in [4.69, 9.17) is 4.52 Å². The Balaban J connectivity index is 1.43. The van der Waals surface area contributed by atoms with Crippen LogP contribution in [0.3, 0.4) is 0 Å². The summed E-state index contributed by atoms with van der Waals surface area (Å²) in [6, 6.07) is 0. The lowest BCUT2D eigenvalue weighted by atomic mass is 10.0. The van der Waals surface area contributed by atoms with Gasteiger partial charge in [0.25, 0.3) is 0 Å². The predicted molar refractivity (Wildman–Crippen MR) is 92.0 cm³/mol. The minimum atomic E-state index is 0.722. The van der Waals surface area contributed by atoms with Gasteiger partial charge >= 0.3 is 0 Å². The molecule has 0 N–H and O–H groups in total. The number of aryl methyl sites for hydroxylation is 3. The highest BCUT2D eigenvalue weighted by molar-refractivity contribution is 5.48. The van der Waals surface area contributed by atoms with Crippen molar-refractivity contribution >= 4 is 5.82 Å². The van der Waals surface area contributed by atoms with E-state index in [1.54, 1.807) is 6.33 Å². The molecule has 2 aliphatic rings. The van der Waals surface area contributed by atoms with Crippen LogP contribution in [0.5, 0.6) is 0 Å². The van der Waals surface area contributed by atoms with Crippen molar-refractivity contribution in [1.82, 2.24) is 20.0 Å². The summed E-state index contributed by atoms with van der Waals surface area (Å²) < 4.78 is 5.30. The maximum absolute atomic E-state index is 5.30. The summed E-state index contributed by atoms with van der Waals surface area (Å²) in [7, 11) is 0. The van der Waals surface area contributed by atoms with E-state index in [0.29, 0.717) is 0 Å². The lowest BCUT2D eigenvalue weighted by molar-refractivity contribution is 0.305. The zero-order chi connectivity index (χ0) is 16.8. The van der Waals surface area contributed by atoms with Crippen molar-refractivity contribution in [3.05, 3.63) is 34.6 Å². The van der Waals surface area contributed by atoms with E-state index in [0.717, 1.165) is 67.5 Å². The molecule has 2 aromatic rings. The predicted octanol–water partition coefficient (Wildman–Crippen LogP) is 2.27. The molecule has 6 heteroatoms. The van der Waals surface area contributed by atoms with Crippen molar-refractivity contribution in [2.75, 3.05) is 31.1 Å². The molecule has 0 bridgehead atoms. The molecule has 2 aromatic heterocycles. The summed E-state index contributed by atoms with van der Waals surface area (Å²) in [5, 5.41) is 4.08. The van der Waals surface area contributed by atoms with Gasteiger partial charge in [-0.1, -0.05) is 5.16 Å². The molecule has 0 aromatic carbocycles. The first kappa shape index (κ1) is 15.6. The fourth-order valence-electron chi connectivity index (χ4n) is 4.19. The van der Waals surface area contributed by atoms with E-state index in [-0.39, 0.29) is 0 Å². The highest BCUT2D eigenvalue weighted by Gasteiger charge is 2.41. The van der Waals surface area contributed by atoms with Crippen molar-refractivity contribution in [2.24, 2.45) is 11.8 Å². The van der Waals surface area contributed by atoms with Gasteiger partial charge in [-0.15, -0.1) is 0 Å². The molecule has 128 valence electrons. The van der Waals surface area contributed by atoms with E-state index in [9.17, 15) is 0 Å². The second kappa shape index (κ2) is 5.84. The smallest absolute Gasteiger partial charge is 0.138 e. The average Bonchev–Trinajstić information content (AvgIpc) is 3.19. The maximum Gasteiger partial charge on any atom is 0.138 e. The topological polar surface area (TPSA) is 58.3 Å². The fraction of sp³-hybridized carbons (Fsp3) is 0.611. The Morgan fingerprint density at radius 3 is 2.33 bits per heavy atom. The van der Waals surface area contributed by atoms with Gasteiger partial charge < -0.3 is 9.42 Å². The molecular weight excluding hydrogens is 302 g/mol. The Labute approximate surface area is 142 Å². The van der Waals surface area contributed by atoms with E-state index >= 15 is 0 Å². The van der Waals surface area contributed by atoms with Gasteiger partial charge in [-0.3, -0.25) is 4.90 Å². The lowest BCUT2D eigenvalue weighted by Gasteiger charge is -2.23. The van der Waals surface area contributed by atoms with Crippen LogP contribution in [0.4, 0.5) is 5.82 Å². The first-order chi connectivity index (χ1) is 11.5. The number of nitrogens with zero attached hydrogens (tertiary/aromatic N) is 5. The van der Waals surface area contributed by atoms with Gasteiger partial charge in [0, 0.05) is 49.5 Å². The van der Waals surface area contributed by atoms with E-state index < -0.39 is 0 Å². The third kappa shape index (κ3) is 2.59. The quantitative estimate of drug-likeness (QED) is 0.862. The standard InChI is InChI=1S/C18H25N5O/c1-11-12(2)19-10-20-18(11)23-7-15-5-22(6-16(15)8-23)9-17-13(3)21-24-14(17)4/h10,15-16H,5-9H2,1-4H3. The lowest BCUT2D eigenvalue weighted by Crippen LogP contribution is -2.29. The van der Waals surface area contributed by atoms with E-state index in [2.05, 4.69) is 38.8 Å². The molecule has 4 rings (SSSR count). The van der Waals surface area contributed by atoms with E-state index in [1.807, 2.05) is 13.8 Å². The molecule has 2 atom stereocenters. The SMILES string of the molecule is Cc1ncnc(N2CC3CN(Cc4c(C)noc4C)CC3C2)c1C. The molecular formula is C18H25N5O. The molecule has 0 radical (unpaired) electrons. The Kier molecular flexibility index (Phi) is 3.79. The number of aromatic nitrogens is 3. The highest BCUT2D eigenvalue weighted by atomic mass is 16.5. The first-order valence-electron chi connectivity index (χ1n) is 8.70. The fourth-order valence-corrected chi connectivity index (χ4v) is 4.19. The van der Waals surface area contributed by atoms with Crippen molar-refractivity contribution in [2.45, 2.75) is 34.2 Å². The van der Waals surface area contributed by atoms with Crippen LogP contribution in [0, 0.1) is 39.5 Å². The molecule has 2 unspecified atom stereocenters.